The van der Waals surface area contributed by atoms with E-state index in [1.54, 1.807) is 0 Å². The maximum absolute atomic E-state index is 12.4. The highest BCUT2D eigenvalue weighted by Gasteiger charge is 2.23. The first-order valence-electron chi connectivity index (χ1n) is 11.9. The molecule has 1 unspecified atom stereocenters. The van der Waals surface area contributed by atoms with Crippen LogP contribution in [0.2, 0.25) is 0 Å². The van der Waals surface area contributed by atoms with Crippen molar-refractivity contribution < 1.29 is 18.0 Å². The zero-order chi connectivity index (χ0) is 27.3. The number of carbonyl (C=O) groups excluding carboxylic acids is 2. The molecule has 0 aliphatic carbocycles. The molecular formula is C30H32N2O4S3. The van der Waals surface area contributed by atoms with Gasteiger partial charge in [0.1, 0.15) is 11.5 Å². The van der Waals surface area contributed by atoms with E-state index >= 15 is 0 Å². The summed E-state index contributed by atoms with van der Waals surface area (Å²) in [5, 5.41) is -0.648. The number of hydrogen-bond acceptors (Lipinski definition) is 4. The minimum absolute atomic E-state index is 0. The molecule has 4 aromatic carbocycles. The largest absolute Gasteiger partial charge is 0.369 e. The maximum atomic E-state index is 12.4. The number of amides is 2. The third-order valence-corrected chi connectivity index (χ3v) is 8.78. The maximum Gasteiger partial charge on any atom is 0.230 e. The van der Waals surface area contributed by atoms with Crippen LogP contribution >= 0.6 is 13.5 Å². The van der Waals surface area contributed by atoms with E-state index in [2.05, 4.69) is 0 Å². The first-order chi connectivity index (χ1) is 18.4. The first-order valence-corrected chi connectivity index (χ1v) is 14.6. The van der Waals surface area contributed by atoms with Crippen LogP contribution in [0.15, 0.2) is 121 Å². The summed E-state index contributed by atoms with van der Waals surface area (Å²) < 4.78 is 24.7. The van der Waals surface area contributed by atoms with Crippen molar-refractivity contribution in [3.63, 3.8) is 0 Å². The Hall–Kier alpha value is -3.53. The number of carbonyl (C=O) groups is 2. The minimum Gasteiger partial charge on any atom is -0.369 e. The molecule has 0 saturated carbocycles. The van der Waals surface area contributed by atoms with Crippen LogP contribution in [0.1, 0.15) is 32.8 Å². The summed E-state index contributed by atoms with van der Waals surface area (Å²) >= 11 is 0. The smallest absolute Gasteiger partial charge is 0.230 e. The monoisotopic (exact) mass is 580 g/mol. The topological polar surface area (TPSA) is 120 Å². The van der Waals surface area contributed by atoms with Crippen molar-refractivity contribution in [3.05, 3.63) is 144 Å². The zero-order valence-corrected chi connectivity index (χ0v) is 23.9. The van der Waals surface area contributed by atoms with Crippen molar-refractivity contribution in [1.29, 1.82) is 0 Å². The Morgan fingerprint density at radius 1 is 0.487 bits per heavy atom. The average Bonchev–Trinajstić information content (AvgIpc) is 2.91. The number of hydrogen-bond donors (Lipinski definition) is 2. The molecule has 0 radical (unpaired) electrons. The van der Waals surface area contributed by atoms with Crippen molar-refractivity contribution >= 4 is 46.9 Å². The predicted molar refractivity (Wildman–Crippen MR) is 164 cm³/mol. The summed E-state index contributed by atoms with van der Waals surface area (Å²) in [4.78, 5) is 22.0. The second-order valence-corrected chi connectivity index (χ2v) is 11.4. The lowest BCUT2D eigenvalue weighted by Crippen LogP contribution is -2.23. The van der Waals surface area contributed by atoms with Gasteiger partial charge in [0, 0.05) is 21.6 Å². The second kappa shape index (κ2) is 16.4. The van der Waals surface area contributed by atoms with E-state index in [1.807, 2.05) is 121 Å². The standard InChI is InChI=1S/2C15H15NO2S.H2S/c2*16-14(17)11-19(18)15(12-7-3-1-4-8-12)13-9-5-2-6-10-13;/h2*1-10,15H,11H2,(H2,16,17);1H2/t19-;;/m0../s1. The van der Waals surface area contributed by atoms with Crippen molar-refractivity contribution in [1.82, 2.24) is 0 Å². The summed E-state index contributed by atoms with van der Waals surface area (Å²) in [6.07, 6.45) is 0. The average molecular weight is 581 g/mol. The second-order valence-electron chi connectivity index (χ2n) is 8.39. The molecule has 9 heteroatoms. The van der Waals surface area contributed by atoms with Crippen LogP contribution in [0, 0.1) is 0 Å². The number of rotatable bonds is 10. The molecule has 204 valence electrons. The zero-order valence-electron chi connectivity index (χ0n) is 21.2. The van der Waals surface area contributed by atoms with Gasteiger partial charge in [-0.05, 0) is 22.3 Å². The van der Waals surface area contributed by atoms with Gasteiger partial charge in [-0.2, -0.15) is 13.5 Å². The summed E-state index contributed by atoms with van der Waals surface area (Å²) in [6, 6.07) is 38.1. The molecule has 0 heterocycles. The highest BCUT2D eigenvalue weighted by Crippen LogP contribution is 2.29. The highest BCUT2D eigenvalue weighted by molar-refractivity contribution is 7.86. The number of benzene rings is 4. The molecule has 0 saturated heterocycles. The molecule has 2 amide bonds. The SMILES string of the molecule is NC(=O)CS(=O)C(c1ccccc1)c1ccccc1.NC(=O)C[S@](=O)C(c1ccccc1)c1ccccc1.S. The molecule has 39 heavy (non-hydrogen) atoms. The van der Waals surface area contributed by atoms with E-state index in [0.29, 0.717) is 0 Å². The molecular weight excluding hydrogens is 549 g/mol. The lowest BCUT2D eigenvalue weighted by molar-refractivity contribution is -0.116. The van der Waals surface area contributed by atoms with Gasteiger partial charge in [0.15, 0.2) is 0 Å². The van der Waals surface area contributed by atoms with Crippen LogP contribution in [-0.2, 0) is 31.2 Å². The fraction of sp³-hybridized carbons (Fsp3) is 0.133. The number of nitrogens with two attached hydrogens (primary N) is 2. The van der Waals surface area contributed by atoms with Crippen molar-refractivity contribution in [2.45, 2.75) is 10.5 Å². The van der Waals surface area contributed by atoms with Crippen LogP contribution in [0.3, 0.4) is 0 Å². The fourth-order valence-corrected chi connectivity index (χ4v) is 6.69. The Morgan fingerprint density at radius 2 is 0.692 bits per heavy atom. The summed E-state index contributed by atoms with van der Waals surface area (Å²) in [6.45, 7) is 0. The Kier molecular flexibility index (Phi) is 13.4. The van der Waals surface area contributed by atoms with Crippen molar-refractivity contribution in [2.75, 3.05) is 11.5 Å². The van der Waals surface area contributed by atoms with E-state index in [-0.39, 0.29) is 35.5 Å². The molecule has 4 aromatic rings. The number of primary amides is 2. The van der Waals surface area contributed by atoms with Gasteiger partial charge in [0.05, 0.1) is 10.5 Å². The Labute approximate surface area is 241 Å². The first kappa shape index (κ1) is 31.7. The van der Waals surface area contributed by atoms with E-state index < -0.39 is 33.4 Å². The van der Waals surface area contributed by atoms with Crippen LogP contribution < -0.4 is 11.5 Å². The molecule has 0 fully saturated rings. The van der Waals surface area contributed by atoms with Crippen LogP contribution in [-0.4, -0.2) is 31.7 Å². The summed E-state index contributed by atoms with van der Waals surface area (Å²) in [5.74, 6) is -1.35. The van der Waals surface area contributed by atoms with Gasteiger partial charge >= 0.3 is 0 Å². The summed E-state index contributed by atoms with van der Waals surface area (Å²) in [5.41, 5.74) is 14.0. The highest BCUT2D eigenvalue weighted by atomic mass is 32.2. The normalized spacial score (nSPS) is 11.9. The molecule has 0 bridgehead atoms. The van der Waals surface area contributed by atoms with Gasteiger partial charge in [0.2, 0.25) is 11.8 Å². The fourth-order valence-electron chi connectivity index (χ4n) is 3.95. The molecule has 4 N–H and O–H groups in total. The Bertz CT molecular complexity index is 1170. The van der Waals surface area contributed by atoms with Crippen molar-refractivity contribution in [2.24, 2.45) is 11.5 Å². The van der Waals surface area contributed by atoms with Crippen molar-refractivity contribution in [3.8, 4) is 0 Å². The third kappa shape index (κ3) is 9.94. The van der Waals surface area contributed by atoms with Gasteiger partial charge in [-0.25, -0.2) is 0 Å². The van der Waals surface area contributed by atoms with Gasteiger partial charge in [-0.1, -0.05) is 121 Å². The van der Waals surface area contributed by atoms with Crippen LogP contribution in [0.5, 0.6) is 0 Å². The quantitative estimate of drug-likeness (QED) is 0.293. The molecule has 0 aliphatic heterocycles. The van der Waals surface area contributed by atoms with E-state index in [0.717, 1.165) is 22.3 Å². The lowest BCUT2D eigenvalue weighted by atomic mass is 10.0. The predicted octanol–water partition coefficient (Wildman–Crippen LogP) is 4.13. The molecule has 0 aromatic heterocycles. The Balaban J connectivity index is 0.000000267. The molecule has 6 nitrogen and oxygen atoms in total. The summed E-state index contributed by atoms with van der Waals surface area (Å²) in [7, 11) is -2.73. The molecule has 4 rings (SSSR count). The molecule has 0 spiro atoms. The third-order valence-electron chi connectivity index (χ3n) is 5.50. The van der Waals surface area contributed by atoms with Gasteiger partial charge < -0.3 is 11.5 Å². The van der Waals surface area contributed by atoms with E-state index in [9.17, 15) is 18.0 Å². The van der Waals surface area contributed by atoms with Crippen LogP contribution in [0.4, 0.5) is 0 Å². The lowest BCUT2D eigenvalue weighted by Gasteiger charge is -2.16. The minimum atomic E-state index is -1.36. The van der Waals surface area contributed by atoms with Crippen LogP contribution in [0.25, 0.3) is 0 Å². The molecule has 0 aliphatic rings. The Morgan fingerprint density at radius 3 is 0.872 bits per heavy atom. The van der Waals surface area contributed by atoms with E-state index in [4.69, 9.17) is 11.5 Å². The van der Waals surface area contributed by atoms with Gasteiger partial charge in [-0.3, -0.25) is 18.0 Å². The van der Waals surface area contributed by atoms with Gasteiger partial charge in [0.25, 0.3) is 0 Å². The van der Waals surface area contributed by atoms with E-state index in [1.165, 1.54) is 0 Å². The van der Waals surface area contributed by atoms with Gasteiger partial charge in [-0.15, -0.1) is 0 Å². The molecule has 2 atom stereocenters.